The van der Waals surface area contributed by atoms with Crippen molar-refractivity contribution in [1.82, 2.24) is 18.9 Å². The number of halogens is 1. The predicted molar refractivity (Wildman–Crippen MR) is 136 cm³/mol. The molecule has 0 aliphatic heterocycles. The maximum atomic E-state index is 14.3. The van der Waals surface area contributed by atoms with E-state index in [0.29, 0.717) is 26.7 Å². The second-order valence-corrected chi connectivity index (χ2v) is 9.78. The highest BCUT2D eigenvalue weighted by Gasteiger charge is 2.28. The van der Waals surface area contributed by atoms with Gasteiger partial charge in [-0.15, -0.1) is 0 Å². The van der Waals surface area contributed by atoms with E-state index in [4.69, 9.17) is 9.47 Å². The van der Waals surface area contributed by atoms with Crippen molar-refractivity contribution in [2.45, 2.75) is 52.5 Å². The molecular formula is C25H27FN4O6S. The van der Waals surface area contributed by atoms with Gasteiger partial charge in [0.1, 0.15) is 33.5 Å². The number of rotatable bonds is 9. The number of benzene rings is 1. The fourth-order valence-corrected chi connectivity index (χ4v) is 5.48. The number of carbonyl (C=O) groups is 1. The van der Waals surface area contributed by atoms with Crippen LogP contribution in [0.1, 0.15) is 44.0 Å². The number of nitrogens with zero attached hydrogens (tertiary/aromatic N) is 4. The van der Waals surface area contributed by atoms with Crippen molar-refractivity contribution in [1.29, 1.82) is 0 Å². The Morgan fingerprint density at radius 1 is 1.24 bits per heavy atom. The van der Waals surface area contributed by atoms with Crippen LogP contribution < -0.4 is 16.0 Å². The third-order valence-electron chi connectivity index (χ3n) is 6.00. The Hall–Kier alpha value is -3.77. The maximum Gasteiger partial charge on any atom is 0.333 e. The first kappa shape index (κ1) is 26.3. The van der Waals surface area contributed by atoms with E-state index < -0.39 is 35.2 Å². The highest BCUT2D eigenvalue weighted by Crippen LogP contribution is 2.34. The maximum absolute atomic E-state index is 14.3. The largest absolute Gasteiger partial charge is 0.496 e. The smallest absolute Gasteiger partial charge is 0.333 e. The van der Waals surface area contributed by atoms with Gasteiger partial charge in [0, 0.05) is 23.5 Å². The Bertz CT molecular complexity index is 1570. The summed E-state index contributed by atoms with van der Waals surface area (Å²) in [7, 11) is 1.45. The van der Waals surface area contributed by atoms with Gasteiger partial charge < -0.3 is 14.6 Å². The molecular weight excluding hydrogens is 503 g/mol. The van der Waals surface area contributed by atoms with Crippen molar-refractivity contribution in [3.8, 4) is 10.8 Å². The summed E-state index contributed by atoms with van der Waals surface area (Å²) in [5.41, 5.74) is -0.587. The number of aromatic nitrogens is 4. The van der Waals surface area contributed by atoms with Crippen molar-refractivity contribution in [2.24, 2.45) is 0 Å². The van der Waals surface area contributed by atoms with Crippen LogP contribution in [0, 0.1) is 12.7 Å². The van der Waals surface area contributed by atoms with Crippen molar-refractivity contribution in [2.75, 3.05) is 7.11 Å². The monoisotopic (exact) mass is 530 g/mol. The first-order chi connectivity index (χ1) is 17.5. The summed E-state index contributed by atoms with van der Waals surface area (Å²) in [6, 6.07) is 4.31. The summed E-state index contributed by atoms with van der Waals surface area (Å²) in [4.78, 5) is 39.4. The Kier molecular flexibility index (Phi) is 7.32. The topological polar surface area (TPSA) is 118 Å². The fraction of sp³-hybridized carbons (Fsp3) is 0.360. The lowest BCUT2D eigenvalue weighted by Gasteiger charge is -2.24. The lowest BCUT2D eigenvalue weighted by molar-refractivity contribution is -0.140. The van der Waals surface area contributed by atoms with E-state index in [9.17, 15) is 23.9 Å². The summed E-state index contributed by atoms with van der Waals surface area (Å²) in [5.74, 6) is -1.47. The molecule has 12 heteroatoms. The van der Waals surface area contributed by atoms with Crippen molar-refractivity contribution in [3.63, 3.8) is 0 Å². The molecule has 0 aliphatic rings. The summed E-state index contributed by atoms with van der Waals surface area (Å²) in [6.07, 6.45) is 2.14. The van der Waals surface area contributed by atoms with Crippen LogP contribution in [0.4, 0.5) is 4.39 Å². The minimum absolute atomic E-state index is 0.127. The number of hydrogen-bond donors (Lipinski definition) is 1. The molecule has 1 N–H and O–H groups in total. The Balaban J connectivity index is 2.03. The summed E-state index contributed by atoms with van der Waals surface area (Å²) in [6.45, 7) is 6.47. The molecule has 10 nitrogen and oxygen atoms in total. The first-order valence-corrected chi connectivity index (χ1v) is 12.4. The van der Waals surface area contributed by atoms with E-state index in [2.05, 4.69) is 5.10 Å². The van der Waals surface area contributed by atoms with Crippen LogP contribution in [0.25, 0.3) is 15.2 Å². The van der Waals surface area contributed by atoms with Gasteiger partial charge in [-0.3, -0.25) is 9.36 Å². The molecule has 0 spiro atoms. The SMILES string of the molecule is COc1ccc(F)cc1[C@H](Cn1c(=O)n([C@H](C)C(=O)O)c(=O)c2c(C)c(-n3cccn3)sc21)OC(C)C. The average Bonchev–Trinajstić information content (AvgIpc) is 3.48. The molecule has 1 aromatic carbocycles. The summed E-state index contributed by atoms with van der Waals surface area (Å²) in [5, 5.41) is 14.7. The first-order valence-electron chi connectivity index (χ1n) is 11.5. The van der Waals surface area contributed by atoms with Gasteiger partial charge >= 0.3 is 11.7 Å². The molecule has 3 aromatic heterocycles. The standard InChI is InChI=1S/C25H27FN4O6S/c1-13(2)36-19(17-11-16(26)7-8-18(17)35-5)12-28-23-20(14(3)22(37-23)29-10-6-9-27-29)21(31)30(25(28)34)15(4)24(32)33/h6-11,13,15,19H,12H2,1-5H3,(H,32,33)/t15-,19+/m1/s1. The number of ether oxygens (including phenoxy) is 2. The van der Waals surface area contributed by atoms with Crippen LogP contribution in [-0.2, 0) is 16.1 Å². The number of fused-ring (bicyclic) bond motifs is 1. The van der Waals surface area contributed by atoms with Crippen LogP contribution in [0.15, 0.2) is 46.2 Å². The lowest BCUT2D eigenvalue weighted by Crippen LogP contribution is -2.44. The number of methoxy groups -OCH3 is 1. The van der Waals surface area contributed by atoms with Gasteiger partial charge in [0.05, 0.1) is 25.1 Å². The van der Waals surface area contributed by atoms with Crippen molar-refractivity contribution >= 4 is 27.5 Å². The Labute approximate surface area is 215 Å². The Morgan fingerprint density at radius 2 is 1.97 bits per heavy atom. The molecule has 0 amide bonds. The van der Waals surface area contributed by atoms with E-state index >= 15 is 0 Å². The molecule has 0 bridgehead atoms. The number of aryl methyl sites for hydroxylation is 1. The molecule has 0 saturated carbocycles. The lowest BCUT2D eigenvalue weighted by atomic mass is 10.1. The number of thiophene rings is 1. The second-order valence-electron chi connectivity index (χ2n) is 8.81. The van der Waals surface area contributed by atoms with Crippen molar-refractivity contribution in [3.05, 3.63) is 74.4 Å². The van der Waals surface area contributed by atoms with Gasteiger partial charge in [-0.1, -0.05) is 11.3 Å². The highest BCUT2D eigenvalue weighted by atomic mass is 32.1. The van der Waals surface area contributed by atoms with E-state index in [1.807, 2.05) is 0 Å². The quantitative estimate of drug-likeness (QED) is 0.351. The Morgan fingerprint density at radius 3 is 2.57 bits per heavy atom. The molecule has 37 heavy (non-hydrogen) atoms. The minimum atomic E-state index is -1.42. The van der Waals surface area contributed by atoms with Crippen LogP contribution in [0.2, 0.25) is 0 Å². The minimum Gasteiger partial charge on any atom is -0.496 e. The molecule has 3 heterocycles. The second kappa shape index (κ2) is 10.3. The number of carboxylic acid groups (broad SMARTS) is 1. The molecule has 2 atom stereocenters. The predicted octanol–water partition coefficient (Wildman–Crippen LogP) is 3.68. The van der Waals surface area contributed by atoms with Gasteiger partial charge in [0.2, 0.25) is 0 Å². The zero-order chi connectivity index (χ0) is 27.0. The van der Waals surface area contributed by atoms with Gasteiger partial charge in [-0.2, -0.15) is 5.10 Å². The van der Waals surface area contributed by atoms with Crippen LogP contribution in [-0.4, -0.2) is 43.2 Å². The normalized spacial score (nSPS) is 13.3. The summed E-state index contributed by atoms with van der Waals surface area (Å²) < 4.78 is 29.4. The van der Waals surface area contributed by atoms with Crippen molar-refractivity contribution < 1.29 is 23.8 Å². The van der Waals surface area contributed by atoms with Crippen LogP contribution >= 0.6 is 11.3 Å². The van der Waals surface area contributed by atoms with Crippen LogP contribution in [0.3, 0.4) is 0 Å². The van der Waals surface area contributed by atoms with E-state index in [1.54, 1.807) is 43.9 Å². The number of hydrogen-bond acceptors (Lipinski definition) is 7. The van der Waals surface area contributed by atoms with Gasteiger partial charge in [0.15, 0.2) is 0 Å². The molecule has 196 valence electrons. The number of carboxylic acids is 1. The van der Waals surface area contributed by atoms with Gasteiger partial charge in [0.25, 0.3) is 5.56 Å². The summed E-state index contributed by atoms with van der Waals surface area (Å²) >= 11 is 1.18. The fourth-order valence-electron chi connectivity index (χ4n) is 4.24. The van der Waals surface area contributed by atoms with Gasteiger partial charge in [-0.05, 0) is 52.0 Å². The number of aliphatic carboxylic acids is 1. The van der Waals surface area contributed by atoms with E-state index in [-0.39, 0.29) is 18.0 Å². The van der Waals surface area contributed by atoms with Gasteiger partial charge in [-0.25, -0.2) is 23.2 Å². The molecule has 0 aliphatic carbocycles. The molecule has 0 unspecified atom stereocenters. The highest BCUT2D eigenvalue weighted by molar-refractivity contribution is 7.21. The van der Waals surface area contributed by atoms with E-state index in [1.165, 1.54) is 48.1 Å². The van der Waals surface area contributed by atoms with E-state index in [0.717, 1.165) is 4.57 Å². The molecule has 0 saturated heterocycles. The third kappa shape index (κ3) is 4.81. The zero-order valence-corrected chi connectivity index (χ0v) is 21.8. The molecule has 0 fully saturated rings. The molecule has 4 aromatic rings. The zero-order valence-electron chi connectivity index (χ0n) is 21.0. The van der Waals surface area contributed by atoms with Crippen LogP contribution in [0.5, 0.6) is 5.75 Å². The molecule has 0 radical (unpaired) electrons. The third-order valence-corrected chi connectivity index (χ3v) is 7.30. The molecule has 4 rings (SSSR count). The average molecular weight is 531 g/mol.